The molecule has 0 aliphatic carbocycles. The van der Waals surface area contributed by atoms with Gasteiger partial charge in [-0.3, -0.25) is 0 Å². The predicted octanol–water partition coefficient (Wildman–Crippen LogP) is 1.09. The van der Waals surface area contributed by atoms with Crippen LogP contribution in [0.3, 0.4) is 0 Å². The summed E-state index contributed by atoms with van der Waals surface area (Å²) >= 11 is 0. The van der Waals surface area contributed by atoms with E-state index in [1.54, 1.807) is 6.07 Å². The monoisotopic (exact) mass is 181 g/mol. The number of carboxylic acid groups (broad SMARTS) is 1. The van der Waals surface area contributed by atoms with E-state index in [2.05, 4.69) is 6.58 Å². The number of rotatable bonds is 4. The summed E-state index contributed by atoms with van der Waals surface area (Å²) in [7, 11) is 0. The highest BCUT2D eigenvalue weighted by Crippen LogP contribution is 2.23. The third kappa shape index (κ3) is 1.62. The Labute approximate surface area is 75.7 Å². The molecule has 1 heterocycles. The van der Waals surface area contributed by atoms with E-state index in [1.165, 1.54) is 18.4 Å². The smallest absolute Gasteiger partial charge is 0.331 e. The van der Waals surface area contributed by atoms with E-state index in [4.69, 9.17) is 15.3 Å². The second-order valence-electron chi connectivity index (χ2n) is 2.75. The highest BCUT2D eigenvalue weighted by molar-refractivity contribution is 5.79. The van der Waals surface area contributed by atoms with E-state index >= 15 is 0 Å². The number of hydrogen-bond acceptors (Lipinski definition) is 3. The van der Waals surface area contributed by atoms with Crippen molar-refractivity contribution in [2.45, 2.75) is 12.0 Å². The lowest BCUT2D eigenvalue weighted by molar-refractivity contribution is -0.144. The number of carboxylic acids is 1. The summed E-state index contributed by atoms with van der Waals surface area (Å²) in [5.41, 5.74) is 4.16. The van der Waals surface area contributed by atoms with Gasteiger partial charge in [0.1, 0.15) is 5.76 Å². The van der Waals surface area contributed by atoms with Crippen molar-refractivity contribution >= 4 is 5.97 Å². The summed E-state index contributed by atoms with van der Waals surface area (Å²) in [5.74, 6) is -0.887. The molecule has 0 unspecified atom stereocenters. The first-order valence-corrected chi connectivity index (χ1v) is 3.78. The van der Waals surface area contributed by atoms with Gasteiger partial charge in [0, 0.05) is 6.42 Å². The predicted molar refractivity (Wildman–Crippen MR) is 47.0 cm³/mol. The Morgan fingerprint density at radius 2 is 2.54 bits per heavy atom. The van der Waals surface area contributed by atoms with Crippen LogP contribution in [-0.4, -0.2) is 11.1 Å². The molecule has 0 spiro atoms. The molecule has 0 fully saturated rings. The van der Waals surface area contributed by atoms with Gasteiger partial charge in [0.05, 0.1) is 6.26 Å². The van der Waals surface area contributed by atoms with Crippen LogP contribution in [0.15, 0.2) is 35.5 Å². The van der Waals surface area contributed by atoms with Gasteiger partial charge < -0.3 is 15.3 Å². The fraction of sp³-hybridized carbons (Fsp3) is 0.222. The summed E-state index contributed by atoms with van der Waals surface area (Å²) in [6.45, 7) is 3.45. The zero-order valence-corrected chi connectivity index (χ0v) is 7.06. The van der Waals surface area contributed by atoms with E-state index in [9.17, 15) is 4.79 Å². The molecule has 0 aliphatic heterocycles. The van der Waals surface area contributed by atoms with Gasteiger partial charge >= 0.3 is 5.97 Å². The molecule has 1 rings (SSSR count). The Morgan fingerprint density at radius 3 is 2.92 bits per heavy atom. The standard InChI is InChI=1S/C9H11NO3/c1-2-5-9(10,8(11)12)7-4-3-6-13-7/h2-4,6H,1,5,10H2,(H,11,12)/t9-/m0/s1. The van der Waals surface area contributed by atoms with Gasteiger partial charge in [0.15, 0.2) is 5.54 Å². The second-order valence-corrected chi connectivity index (χ2v) is 2.75. The molecule has 3 N–H and O–H groups in total. The van der Waals surface area contributed by atoms with E-state index < -0.39 is 11.5 Å². The van der Waals surface area contributed by atoms with Crippen molar-refractivity contribution in [2.24, 2.45) is 5.73 Å². The lowest BCUT2D eigenvalue weighted by atomic mass is 9.94. The molecule has 1 aromatic rings. The third-order valence-corrected chi connectivity index (χ3v) is 1.81. The second kappa shape index (κ2) is 3.45. The molecule has 70 valence electrons. The molecule has 13 heavy (non-hydrogen) atoms. The summed E-state index contributed by atoms with van der Waals surface area (Å²) in [6.07, 6.45) is 2.98. The summed E-state index contributed by atoms with van der Waals surface area (Å²) < 4.78 is 4.96. The highest BCUT2D eigenvalue weighted by Gasteiger charge is 2.37. The quantitative estimate of drug-likeness (QED) is 0.682. The van der Waals surface area contributed by atoms with Gasteiger partial charge in [0.2, 0.25) is 0 Å². The van der Waals surface area contributed by atoms with Crippen LogP contribution in [0.2, 0.25) is 0 Å². The van der Waals surface area contributed by atoms with Gasteiger partial charge in [0.25, 0.3) is 0 Å². The van der Waals surface area contributed by atoms with Gasteiger partial charge in [-0.25, -0.2) is 4.79 Å². The average molecular weight is 181 g/mol. The molecule has 0 radical (unpaired) electrons. The normalized spacial score (nSPS) is 14.8. The Bertz CT molecular complexity index is 305. The highest BCUT2D eigenvalue weighted by atomic mass is 16.4. The average Bonchev–Trinajstić information content (AvgIpc) is 2.56. The van der Waals surface area contributed by atoms with Gasteiger partial charge in [-0.1, -0.05) is 6.08 Å². The number of hydrogen-bond donors (Lipinski definition) is 2. The molecule has 4 nitrogen and oxygen atoms in total. The Kier molecular flexibility index (Phi) is 2.53. The Morgan fingerprint density at radius 1 is 1.85 bits per heavy atom. The molecular weight excluding hydrogens is 170 g/mol. The lowest BCUT2D eigenvalue weighted by Gasteiger charge is -2.19. The first-order valence-electron chi connectivity index (χ1n) is 3.78. The molecule has 0 aliphatic rings. The van der Waals surface area contributed by atoms with Crippen molar-refractivity contribution in [3.63, 3.8) is 0 Å². The topological polar surface area (TPSA) is 76.5 Å². The molecule has 1 aromatic heterocycles. The molecule has 0 bridgehead atoms. The van der Waals surface area contributed by atoms with Gasteiger partial charge in [-0.05, 0) is 12.1 Å². The van der Waals surface area contributed by atoms with Crippen LogP contribution in [0.25, 0.3) is 0 Å². The fourth-order valence-electron chi connectivity index (χ4n) is 1.05. The van der Waals surface area contributed by atoms with Gasteiger partial charge in [-0.2, -0.15) is 0 Å². The zero-order valence-electron chi connectivity index (χ0n) is 7.06. The van der Waals surface area contributed by atoms with Crippen LogP contribution >= 0.6 is 0 Å². The Balaban J connectivity index is 3.05. The SMILES string of the molecule is C=CC[C@@](N)(C(=O)O)c1ccco1. The van der Waals surface area contributed by atoms with Crippen molar-refractivity contribution in [3.05, 3.63) is 36.8 Å². The molecule has 0 aromatic carbocycles. The largest absolute Gasteiger partial charge is 0.480 e. The van der Waals surface area contributed by atoms with Crippen molar-refractivity contribution < 1.29 is 14.3 Å². The van der Waals surface area contributed by atoms with Crippen molar-refractivity contribution in [1.82, 2.24) is 0 Å². The molecule has 0 saturated heterocycles. The van der Waals surface area contributed by atoms with E-state index in [0.29, 0.717) is 0 Å². The van der Waals surface area contributed by atoms with Crippen LogP contribution in [-0.2, 0) is 10.3 Å². The molecule has 0 saturated carbocycles. The summed E-state index contributed by atoms with van der Waals surface area (Å²) in [6, 6.07) is 3.14. The zero-order chi connectivity index (χ0) is 9.90. The number of aliphatic carboxylic acids is 1. The maximum absolute atomic E-state index is 10.9. The minimum atomic E-state index is -1.49. The fourth-order valence-corrected chi connectivity index (χ4v) is 1.05. The maximum Gasteiger partial charge on any atom is 0.331 e. The lowest BCUT2D eigenvalue weighted by Crippen LogP contribution is -2.44. The van der Waals surface area contributed by atoms with Crippen LogP contribution < -0.4 is 5.73 Å². The van der Waals surface area contributed by atoms with E-state index in [1.807, 2.05) is 0 Å². The number of nitrogens with two attached hydrogens (primary N) is 1. The molecular formula is C9H11NO3. The van der Waals surface area contributed by atoms with Crippen molar-refractivity contribution in [1.29, 1.82) is 0 Å². The molecule has 1 atom stereocenters. The van der Waals surface area contributed by atoms with Crippen LogP contribution in [0, 0.1) is 0 Å². The number of carbonyl (C=O) groups is 1. The van der Waals surface area contributed by atoms with Gasteiger partial charge in [-0.15, -0.1) is 6.58 Å². The molecule has 4 heteroatoms. The third-order valence-electron chi connectivity index (χ3n) is 1.81. The number of furan rings is 1. The Hall–Kier alpha value is -1.55. The van der Waals surface area contributed by atoms with Crippen molar-refractivity contribution in [3.8, 4) is 0 Å². The van der Waals surface area contributed by atoms with E-state index in [0.717, 1.165) is 0 Å². The summed E-state index contributed by atoms with van der Waals surface area (Å²) in [5, 5.41) is 8.90. The summed E-state index contributed by atoms with van der Waals surface area (Å²) in [4.78, 5) is 10.9. The van der Waals surface area contributed by atoms with Crippen LogP contribution in [0.5, 0.6) is 0 Å². The molecule has 0 amide bonds. The van der Waals surface area contributed by atoms with E-state index in [-0.39, 0.29) is 12.2 Å². The minimum absolute atomic E-state index is 0.135. The van der Waals surface area contributed by atoms with Crippen LogP contribution in [0.1, 0.15) is 12.2 Å². The maximum atomic E-state index is 10.9. The van der Waals surface area contributed by atoms with Crippen LogP contribution in [0.4, 0.5) is 0 Å². The van der Waals surface area contributed by atoms with Crippen molar-refractivity contribution in [2.75, 3.05) is 0 Å². The first kappa shape index (κ1) is 9.54. The minimum Gasteiger partial charge on any atom is -0.480 e. The first-order chi connectivity index (χ1) is 6.11.